The first-order chi connectivity index (χ1) is 10.7. The van der Waals surface area contributed by atoms with Gasteiger partial charge in [-0.2, -0.15) is 5.10 Å². The first-order valence-corrected chi connectivity index (χ1v) is 7.20. The highest BCUT2D eigenvalue weighted by molar-refractivity contribution is 6.01. The Kier molecular flexibility index (Phi) is 6.68. The molecule has 0 aliphatic carbocycles. The molecular formula is C16H21FN2O4. The molecule has 2 N–H and O–H groups in total. The molecule has 0 radical (unpaired) electrons. The van der Waals surface area contributed by atoms with Crippen LogP contribution in [0.1, 0.15) is 45.6 Å². The van der Waals surface area contributed by atoms with Crippen LogP contribution in [0, 0.1) is 5.82 Å². The van der Waals surface area contributed by atoms with Crippen molar-refractivity contribution < 1.29 is 23.8 Å². The van der Waals surface area contributed by atoms with Crippen molar-refractivity contribution in [1.82, 2.24) is 5.43 Å². The Morgan fingerprint density at radius 1 is 1.22 bits per heavy atom. The first-order valence-electron chi connectivity index (χ1n) is 7.20. The van der Waals surface area contributed by atoms with Crippen LogP contribution in [0.15, 0.2) is 29.4 Å². The van der Waals surface area contributed by atoms with E-state index in [9.17, 15) is 14.0 Å². The molecule has 0 atom stereocenters. The van der Waals surface area contributed by atoms with Gasteiger partial charge in [0.15, 0.2) is 0 Å². The average molecular weight is 324 g/mol. The molecule has 1 aromatic carbocycles. The van der Waals surface area contributed by atoms with Crippen LogP contribution in [-0.2, 0) is 9.53 Å². The molecule has 0 aliphatic heterocycles. The van der Waals surface area contributed by atoms with Crippen molar-refractivity contribution in [2.24, 2.45) is 5.10 Å². The highest BCUT2D eigenvalue weighted by Crippen LogP contribution is 2.11. The van der Waals surface area contributed by atoms with E-state index in [0.29, 0.717) is 24.1 Å². The van der Waals surface area contributed by atoms with Crippen LogP contribution in [0.5, 0.6) is 0 Å². The summed E-state index contributed by atoms with van der Waals surface area (Å²) in [5.74, 6) is -1.30. The fourth-order valence-corrected chi connectivity index (χ4v) is 1.73. The molecular weight excluding hydrogens is 303 g/mol. The van der Waals surface area contributed by atoms with Crippen molar-refractivity contribution in [3.8, 4) is 0 Å². The van der Waals surface area contributed by atoms with Crippen LogP contribution in [0.25, 0.3) is 0 Å². The van der Waals surface area contributed by atoms with Gasteiger partial charge in [0.2, 0.25) is 0 Å². The van der Waals surface area contributed by atoms with Gasteiger partial charge in [-0.1, -0.05) is 12.1 Å². The maximum absolute atomic E-state index is 13.0. The third-order valence-electron chi connectivity index (χ3n) is 2.66. The molecule has 0 fully saturated rings. The number of halogens is 1. The van der Waals surface area contributed by atoms with E-state index in [4.69, 9.17) is 9.84 Å². The second-order valence-electron chi connectivity index (χ2n) is 5.93. The molecule has 7 heteroatoms. The number of benzene rings is 1. The molecule has 0 aromatic heterocycles. The molecule has 6 nitrogen and oxygen atoms in total. The third-order valence-corrected chi connectivity index (χ3v) is 2.66. The topological polar surface area (TPSA) is 88.0 Å². The van der Waals surface area contributed by atoms with Crippen LogP contribution in [0.3, 0.4) is 0 Å². The standard InChI is InChI=1S/C16H21FN2O4/c1-16(2,3)23-15(22)19-18-13(5-4-6-14(20)21)11-7-9-12(17)10-8-11/h7-10H,4-6H2,1-3H3,(H,19,22)(H,20,21)/b18-13+. The number of nitrogens with zero attached hydrogens (tertiary/aromatic N) is 1. The molecule has 0 heterocycles. The number of aliphatic carboxylic acids is 1. The van der Waals surface area contributed by atoms with Gasteiger partial charge in [0.25, 0.3) is 0 Å². The Bertz CT molecular complexity index is 577. The zero-order chi connectivity index (χ0) is 17.5. The summed E-state index contributed by atoms with van der Waals surface area (Å²) in [6, 6.07) is 5.59. The highest BCUT2D eigenvalue weighted by atomic mass is 19.1. The molecule has 1 amide bonds. The molecule has 126 valence electrons. The molecule has 23 heavy (non-hydrogen) atoms. The lowest BCUT2D eigenvalue weighted by Gasteiger charge is -2.18. The number of carbonyl (C=O) groups excluding carboxylic acids is 1. The lowest BCUT2D eigenvalue weighted by atomic mass is 10.0. The Labute approximate surface area is 134 Å². The summed E-state index contributed by atoms with van der Waals surface area (Å²) in [6.45, 7) is 5.18. The number of hydrogen-bond acceptors (Lipinski definition) is 4. The van der Waals surface area contributed by atoms with E-state index >= 15 is 0 Å². The molecule has 0 saturated heterocycles. The predicted molar refractivity (Wildman–Crippen MR) is 83.8 cm³/mol. The molecule has 0 spiro atoms. The number of carboxylic acids is 1. The van der Waals surface area contributed by atoms with Gasteiger partial charge in [-0.15, -0.1) is 0 Å². The Hall–Kier alpha value is -2.44. The van der Waals surface area contributed by atoms with Gasteiger partial charge in [-0.05, 0) is 51.3 Å². The number of nitrogens with one attached hydrogen (secondary N) is 1. The van der Waals surface area contributed by atoms with E-state index in [2.05, 4.69) is 10.5 Å². The smallest absolute Gasteiger partial charge is 0.428 e. The maximum atomic E-state index is 13.0. The monoisotopic (exact) mass is 324 g/mol. The Morgan fingerprint density at radius 2 is 1.83 bits per heavy atom. The van der Waals surface area contributed by atoms with Gasteiger partial charge in [-0.3, -0.25) is 4.79 Å². The summed E-state index contributed by atoms with van der Waals surface area (Å²) in [6.07, 6.45) is -0.0580. The number of amides is 1. The maximum Gasteiger partial charge on any atom is 0.428 e. The van der Waals surface area contributed by atoms with Crippen molar-refractivity contribution in [2.45, 2.75) is 45.6 Å². The number of carboxylic acid groups (broad SMARTS) is 1. The van der Waals surface area contributed by atoms with Crippen LogP contribution < -0.4 is 5.43 Å². The van der Waals surface area contributed by atoms with E-state index in [1.165, 1.54) is 24.3 Å². The van der Waals surface area contributed by atoms with Gasteiger partial charge in [0.1, 0.15) is 11.4 Å². The fraction of sp³-hybridized carbons (Fsp3) is 0.438. The molecule has 0 unspecified atom stereocenters. The van der Waals surface area contributed by atoms with E-state index in [0.717, 1.165) is 0 Å². The van der Waals surface area contributed by atoms with E-state index < -0.39 is 23.5 Å². The minimum absolute atomic E-state index is 0.0212. The van der Waals surface area contributed by atoms with Crippen molar-refractivity contribution in [2.75, 3.05) is 0 Å². The number of carbonyl (C=O) groups is 2. The van der Waals surface area contributed by atoms with Crippen LogP contribution in [0.4, 0.5) is 9.18 Å². The number of ether oxygens (including phenoxy) is 1. The number of rotatable bonds is 6. The van der Waals surface area contributed by atoms with Crippen LogP contribution in [-0.4, -0.2) is 28.5 Å². The third kappa shape index (κ3) is 7.94. The highest BCUT2D eigenvalue weighted by Gasteiger charge is 2.16. The summed E-state index contributed by atoms with van der Waals surface area (Å²) >= 11 is 0. The first kappa shape index (κ1) is 18.6. The summed E-state index contributed by atoms with van der Waals surface area (Å²) < 4.78 is 18.1. The Balaban J connectivity index is 2.81. The van der Waals surface area contributed by atoms with Gasteiger partial charge >= 0.3 is 12.1 Å². The minimum atomic E-state index is -0.913. The average Bonchev–Trinajstić information content (AvgIpc) is 2.41. The minimum Gasteiger partial charge on any atom is -0.481 e. The quantitative estimate of drug-likeness (QED) is 0.621. The largest absolute Gasteiger partial charge is 0.481 e. The van der Waals surface area contributed by atoms with Gasteiger partial charge in [0.05, 0.1) is 5.71 Å². The summed E-state index contributed by atoms with van der Waals surface area (Å²) in [7, 11) is 0. The summed E-state index contributed by atoms with van der Waals surface area (Å²) in [4.78, 5) is 22.2. The molecule has 1 aromatic rings. The van der Waals surface area contributed by atoms with Crippen molar-refractivity contribution in [3.63, 3.8) is 0 Å². The van der Waals surface area contributed by atoms with Gasteiger partial charge in [0, 0.05) is 6.42 Å². The second-order valence-corrected chi connectivity index (χ2v) is 5.93. The number of hydrazone groups is 1. The van der Waals surface area contributed by atoms with Crippen molar-refractivity contribution in [3.05, 3.63) is 35.6 Å². The number of hydrogen-bond donors (Lipinski definition) is 2. The van der Waals surface area contributed by atoms with E-state index in [-0.39, 0.29) is 6.42 Å². The predicted octanol–water partition coefficient (Wildman–Crippen LogP) is 3.31. The Morgan fingerprint density at radius 3 is 2.35 bits per heavy atom. The van der Waals surface area contributed by atoms with Crippen LogP contribution in [0.2, 0.25) is 0 Å². The van der Waals surface area contributed by atoms with Crippen LogP contribution >= 0.6 is 0 Å². The fourth-order valence-electron chi connectivity index (χ4n) is 1.73. The second kappa shape index (κ2) is 8.26. The molecule has 1 rings (SSSR count). The van der Waals surface area contributed by atoms with Crippen molar-refractivity contribution >= 4 is 17.8 Å². The molecule has 0 saturated carbocycles. The van der Waals surface area contributed by atoms with Gasteiger partial charge < -0.3 is 9.84 Å². The lowest BCUT2D eigenvalue weighted by Crippen LogP contribution is -2.30. The zero-order valence-electron chi connectivity index (χ0n) is 13.4. The lowest BCUT2D eigenvalue weighted by molar-refractivity contribution is -0.137. The van der Waals surface area contributed by atoms with E-state index in [1.54, 1.807) is 20.8 Å². The van der Waals surface area contributed by atoms with E-state index in [1.807, 2.05) is 0 Å². The zero-order valence-corrected chi connectivity index (χ0v) is 13.4. The summed E-state index contributed by atoms with van der Waals surface area (Å²) in [5.41, 5.74) is 2.68. The summed E-state index contributed by atoms with van der Waals surface area (Å²) in [5, 5.41) is 12.7. The normalized spacial score (nSPS) is 11.9. The SMILES string of the molecule is CC(C)(C)OC(=O)N/N=C(\CCCC(=O)O)c1ccc(F)cc1. The molecule has 0 aliphatic rings. The molecule has 0 bridgehead atoms. The van der Waals surface area contributed by atoms with Gasteiger partial charge in [-0.25, -0.2) is 14.6 Å². The van der Waals surface area contributed by atoms with Crippen molar-refractivity contribution in [1.29, 1.82) is 0 Å².